The molecule has 0 aliphatic heterocycles. The van der Waals surface area contributed by atoms with Crippen molar-refractivity contribution in [2.75, 3.05) is 0 Å². The fourth-order valence-corrected chi connectivity index (χ4v) is 8.81. The average Bonchev–Trinajstić information content (AvgIpc) is 2.92. The van der Waals surface area contributed by atoms with Gasteiger partial charge >= 0.3 is 199 Å². The fraction of sp³-hybridized carbons (Fsp3) is 0.0690. The molecule has 202 valence electrons. The summed E-state index contributed by atoms with van der Waals surface area (Å²) in [5.74, 6) is 0.0919. The number of alkyl halides is 3. The first-order valence-electron chi connectivity index (χ1n) is 11.4. The Morgan fingerprint density at radius 1 is 0.769 bits per heavy atom. The first kappa shape index (κ1) is 30.4. The quantitative estimate of drug-likeness (QED) is 0.0829. The van der Waals surface area contributed by atoms with E-state index < -0.39 is 29.5 Å². The summed E-state index contributed by atoms with van der Waals surface area (Å²) in [6.45, 7) is 1.63. The molecule has 0 aliphatic rings. The largest absolute Gasteiger partial charge is 0.741 e. The van der Waals surface area contributed by atoms with Crippen LogP contribution in [-0.2, 0) is 10.1 Å². The summed E-state index contributed by atoms with van der Waals surface area (Å²) < 4.78 is 61.6. The van der Waals surface area contributed by atoms with Crippen LogP contribution in [0, 0.1) is 0 Å². The van der Waals surface area contributed by atoms with E-state index in [1.807, 2.05) is 30.3 Å². The van der Waals surface area contributed by atoms with Gasteiger partial charge in [0, 0.05) is 0 Å². The number of halogens is 3. The van der Waals surface area contributed by atoms with Gasteiger partial charge in [-0.3, -0.25) is 0 Å². The van der Waals surface area contributed by atoms with E-state index in [2.05, 4.69) is 89.9 Å². The molecule has 0 heterocycles. The molecule has 0 amide bonds. The molecular weight excluding hydrogens is 612 g/mol. The van der Waals surface area contributed by atoms with Crippen LogP contribution < -0.4 is 8.92 Å². The zero-order chi connectivity index (χ0) is 28.5. The molecular formula is C29H23F3O4S2Se. The molecule has 0 spiro atoms. The van der Waals surface area contributed by atoms with Crippen LogP contribution >= 0.6 is 11.8 Å². The third kappa shape index (κ3) is 8.95. The van der Waals surface area contributed by atoms with E-state index in [4.69, 9.17) is 13.0 Å². The van der Waals surface area contributed by atoms with E-state index in [9.17, 15) is 18.0 Å². The molecule has 0 atom stereocenters. The molecule has 10 heteroatoms. The van der Waals surface area contributed by atoms with E-state index in [-0.39, 0.29) is 5.78 Å². The zero-order valence-electron chi connectivity index (χ0n) is 20.5. The van der Waals surface area contributed by atoms with Crippen LogP contribution in [0.15, 0.2) is 125 Å². The van der Waals surface area contributed by atoms with Crippen molar-refractivity contribution in [3.63, 3.8) is 0 Å². The van der Waals surface area contributed by atoms with E-state index in [0.29, 0.717) is 0 Å². The summed E-state index contributed by atoms with van der Waals surface area (Å²) in [6, 6.07) is 39.9. The van der Waals surface area contributed by atoms with Gasteiger partial charge in [-0.05, 0) is 0 Å². The van der Waals surface area contributed by atoms with Gasteiger partial charge in [0.25, 0.3) is 0 Å². The molecule has 0 saturated heterocycles. The number of hydrogen-bond acceptors (Lipinski definition) is 5. The number of thioether (sulfide) groups is 1. The first-order valence-corrected chi connectivity index (χ1v) is 16.3. The van der Waals surface area contributed by atoms with Crippen molar-refractivity contribution in [1.82, 2.24) is 0 Å². The summed E-state index contributed by atoms with van der Waals surface area (Å²) in [5.41, 5.74) is -3.70. The Bertz CT molecular complexity index is 1470. The van der Waals surface area contributed by atoms with Gasteiger partial charge in [0.2, 0.25) is 0 Å². The predicted molar refractivity (Wildman–Crippen MR) is 150 cm³/mol. The van der Waals surface area contributed by atoms with Crippen LogP contribution in [0.4, 0.5) is 13.2 Å². The minimum absolute atomic E-state index is 0.0919. The van der Waals surface area contributed by atoms with Crippen LogP contribution in [0.5, 0.6) is 0 Å². The Morgan fingerprint density at radius 2 is 1.18 bits per heavy atom. The molecule has 4 aromatic rings. The molecule has 0 N–H and O–H groups in total. The van der Waals surface area contributed by atoms with Crippen molar-refractivity contribution in [3.05, 3.63) is 131 Å². The van der Waals surface area contributed by atoms with Gasteiger partial charge in [0.05, 0.1) is 0 Å². The third-order valence-electron chi connectivity index (χ3n) is 5.05. The summed E-state index contributed by atoms with van der Waals surface area (Å²) in [7, 11) is -6.09. The number of hydrogen-bond donors (Lipinski definition) is 0. The summed E-state index contributed by atoms with van der Waals surface area (Å²) in [6.07, 6.45) is 0. The predicted octanol–water partition coefficient (Wildman–Crippen LogP) is 5.92. The average molecular weight is 636 g/mol. The van der Waals surface area contributed by atoms with Gasteiger partial charge in [-0.25, -0.2) is 8.42 Å². The smallest absolute Gasteiger partial charge is 0.485 e. The number of carbonyl (C=O) groups excluding carboxylic acids is 1. The number of carbonyl (C=O) groups is 1. The number of ketones is 1. The molecule has 4 nitrogen and oxygen atoms in total. The van der Waals surface area contributed by atoms with Crippen LogP contribution in [0.1, 0.15) is 22.8 Å². The fourth-order valence-electron chi connectivity index (χ4n) is 3.23. The van der Waals surface area contributed by atoms with Gasteiger partial charge in [-0.1, -0.05) is 0 Å². The molecule has 0 fully saturated rings. The van der Waals surface area contributed by atoms with Gasteiger partial charge in [-0.15, -0.1) is 0 Å². The summed E-state index contributed by atoms with van der Waals surface area (Å²) >= 11 is 0.232. The molecule has 0 aliphatic carbocycles. The monoisotopic (exact) mass is 636 g/mol. The number of rotatable bonds is 7. The van der Waals surface area contributed by atoms with Crippen LogP contribution in [0.2, 0.25) is 0 Å². The standard InChI is InChI=1S/C28H23OSSe.CHF3O3S/c1-22(29)26-19-11-12-20-27(26)30-28(23-13-5-2-6-14-23)21-31(24-15-7-3-8-16-24)25-17-9-4-10-18-25;2-1(3,4)8(5,6)7/h2-21H,1H3;(H,5,6,7)/q+1;/p-1/b28-21-;. The van der Waals surface area contributed by atoms with Crippen molar-refractivity contribution < 1.29 is 30.9 Å². The van der Waals surface area contributed by atoms with Gasteiger partial charge in [-0.2, -0.15) is 13.2 Å². The maximum absolute atomic E-state index is 12.2. The van der Waals surface area contributed by atoms with Crippen molar-refractivity contribution in [3.8, 4) is 0 Å². The maximum Gasteiger partial charge on any atom is 0.485 e. The Morgan fingerprint density at radius 3 is 1.62 bits per heavy atom. The second-order valence-corrected chi connectivity index (χ2v) is 14.2. The number of Topliss-reactive ketones (excluding diaryl/α,β-unsaturated/α-hetero) is 1. The Labute approximate surface area is 234 Å². The van der Waals surface area contributed by atoms with Gasteiger partial charge < -0.3 is 4.55 Å². The van der Waals surface area contributed by atoms with Crippen LogP contribution in [-0.4, -0.2) is 38.2 Å². The molecule has 4 aromatic carbocycles. The molecule has 4 rings (SSSR count). The summed E-state index contributed by atoms with van der Waals surface area (Å²) in [4.78, 5) is 16.9. The first-order chi connectivity index (χ1) is 18.5. The van der Waals surface area contributed by atoms with Crippen molar-refractivity contribution in [1.29, 1.82) is 0 Å². The van der Waals surface area contributed by atoms with Crippen molar-refractivity contribution in [2.45, 2.75) is 17.3 Å². The zero-order valence-corrected chi connectivity index (χ0v) is 23.9. The normalized spacial score (nSPS) is 12.0. The second-order valence-electron chi connectivity index (χ2n) is 7.87. The maximum atomic E-state index is 12.2. The number of benzene rings is 4. The molecule has 0 saturated carbocycles. The van der Waals surface area contributed by atoms with Crippen molar-refractivity contribution >= 4 is 55.4 Å². The van der Waals surface area contributed by atoms with Crippen LogP contribution in [0.25, 0.3) is 4.91 Å². The minimum Gasteiger partial charge on any atom is -0.741 e. The van der Waals surface area contributed by atoms with E-state index in [0.717, 1.165) is 10.5 Å². The van der Waals surface area contributed by atoms with Crippen LogP contribution in [0.3, 0.4) is 0 Å². The Balaban J connectivity index is 0.000000459. The molecule has 0 bridgehead atoms. The Hall–Kier alpha value is -3.14. The van der Waals surface area contributed by atoms with Crippen molar-refractivity contribution in [2.24, 2.45) is 0 Å². The van der Waals surface area contributed by atoms with E-state index in [1.54, 1.807) is 18.7 Å². The molecule has 39 heavy (non-hydrogen) atoms. The second kappa shape index (κ2) is 13.8. The van der Waals surface area contributed by atoms with Gasteiger partial charge in [0.1, 0.15) is 0 Å². The minimum atomic E-state index is -6.09. The topological polar surface area (TPSA) is 74.3 Å². The molecule has 0 aromatic heterocycles. The SMILES string of the molecule is CC(=O)c1ccccc1S/C(=C\[Se+](c1ccccc1)c1ccccc1)c1ccccc1.O=S(=O)([O-])C(F)(F)F. The molecule has 0 radical (unpaired) electrons. The molecule has 0 unspecified atom stereocenters. The third-order valence-corrected chi connectivity index (χ3v) is 11.4. The summed E-state index contributed by atoms with van der Waals surface area (Å²) in [5, 5.41) is 0. The van der Waals surface area contributed by atoms with Gasteiger partial charge in [0.15, 0.2) is 10.1 Å². The van der Waals surface area contributed by atoms with E-state index in [1.165, 1.54) is 19.4 Å². The Kier molecular flexibility index (Phi) is 10.7. The van der Waals surface area contributed by atoms with E-state index >= 15 is 0 Å².